The highest BCUT2D eigenvalue weighted by atomic mass is 16.2. The Morgan fingerprint density at radius 1 is 1.20 bits per heavy atom. The molecule has 0 spiro atoms. The Kier molecular flexibility index (Phi) is 3.24. The largest absolute Gasteiger partial charge is 0.309 e. The van der Waals surface area contributed by atoms with Gasteiger partial charge in [-0.2, -0.15) is 0 Å². The van der Waals surface area contributed by atoms with Crippen molar-refractivity contribution in [2.75, 3.05) is 11.9 Å². The van der Waals surface area contributed by atoms with Crippen molar-refractivity contribution in [3.05, 3.63) is 29.3 Å². The van der Waals surface area contributed by atoms with E-state index in [0.717, 1.165) is 16.8 Å². The third-order valence-corrected chi connectivity index (χ3v) is 2.33. The number of nitrogens with zero attached hydrogens (tertiary/aromatic N) is 1. The zero-order valence-electron chi connectivity index (χ0n) is 9.50. The number of anilines is 1. The van der Waals surface area contributed by atoms with E-state index in [1.165, 1.54) is 11.8 Å². The van der Waals surface area contributed by atoms with E-state index in [9.17, 15) is 9.59 Å². The molecule has 0 aliphatic heterocycles. The van der Waals surface area contributed by atoms with Crippen LogP contribution in [-0.4, -0.2) is 18.7 Å². The number of hydrogen-bond donors (Lipinski definition) is 0. The van der Waals surface area contributed by atoms with Gasteiger partial charge in [0.25, 0.3) is 5.91 Å². The summed E-state index contributed by atoms with van der Waals surface area (Å²) in [5.74, 6) is -0.929. The molecule has 0 saturated carbocycles. The van der Waals surface area contributed by atoms with Crippen molar-refractivity contribution in [3.8, 4) is 0 Å². The average Bonchev–Trinajstić information content (AvgIpc) is 2.19. The van der Waals surface area contributed by atoms with E-state index in [0.29, 0.717) is 0 Å². The first kappa shape index (κ1) is 11.4. The van der Waals surface area contributed by atoms with Gasteiger partial charge >= 0.3 is 0 Å². The molecule has 80 valence electrons. The van der Waals surface area contributed by atoms with Crippen molar-refractivity contribution in [2.45, 2.75) is 20.8 Å². The standard InChI is InChI=1S/C12H15NO2/c1-8-5-6-9(2)11(7-8)13(4)12(15)10(3)14/h5-7H,1-4H3. The molecule has 0 heterocycles. The molecule has 0 unspecified atom stereocenters. The fraction of sp³-hybridized carbons (Fsp3) is 0.333. The molecule has 15 heavy (non-hydrogen) atoms. The maximum absolute atomic E-state index is 11.5. The first-order chi connectivity index (χ1) is 6.93. The van der Waals surface area contributed by atoms with Crippen LogP contribution in [0.25, 0.3) is 0 Å². The SMILES string of the molecule is CC(=O)C(=O)N(C)c1cc(C)ccc1C. The third-order valence-electron chi connectivity index (χ3n) is 2.33. The number of ketones is 1. The lowest BCUT2D eigenvalue weighted by atomic mass is 10.1. The predicted octanol–water partition coefficient (Wildman–Crippen LogP) is 1.86. The van der Waals surface area contributed by atoms with Crippen LogP contribution >= 0.6 is 0 Å². The summed E-state index contributed by atoms with van der Waals surface area (Å²) >= 11 is 0. The summed E-state index contributed by atoms with van der Waals surface area (Å²) in [6, 6.07) is 5.82. The van der Waals surface area contributed by atoms with Crippen molar-refractivity contribution in [3.63, 3.8) is 0 Å². The molecule has 0 fully saturated rings. The maximum Gasteiger partial charge on any atom is 0.293 e. The highest BCUT2D eigenvalue weighted by Gasteiger charge is 2.16. The van der Waals surface area contributed by atoms with E-state index < -0.39 is 11.7 Å². The summed E-state index contributed by atoms with van der Waals surface area (Å²) in [5.41, 5.74) is 2.84. The lowest BCUT2D eigenvalue weighted by molar-refractivity contribution is -0.134. The van der Waals surface area contributed by atoms with Crippen LogP contribution in [0.3, 0.4) is 0 Å². The first-order valence-corrected chi connectivity index (χ1v) is 4.79. The Balaban J connectivity index is 3.10. The number of amides is 1. The highest BCUT2D eigenvalue weighted by Crippen LogP contribution is 2.20. The molecule has 0 atom stereocenters. The molecular weight excluding hydrogens is 190 g/mol. The number of aryl methyl sites for hydroxylation is 2. The summed E-state index contributed by atoms with van der Waals surface area (Å²) in [4.78, 5) is 23.8. The van der Waals surface area contributed by atoms with Crippen LogP contribution in [0.1, 0.15) is 18.1 Å². The van der Waals surface area contributed by atoms with Gasteiger partial charge in [0.05, 0.1) is 0 Å². The molecule has 0 saturated heterocycles. The molecule has 1 aromatic rings. The Bertz CT molecular complexity index is 410. The number of carbonyl (C=O) groups is 2. The van der Waals surface area contributed by atoms with Gasteiger partial charge in [-0.3, -0.25) is 9.59 Å². The summed E-state index contributed by atoms with van der Waals surface area (Å²) in [6.45, 7) is 5.15. The molecule has 0 aromatic heterocycles. The summed E-state index contributed by atoms with van der Waals surface area (Å²) in [5, 5.41) is 0. The number of carbonyl (C=O) groups excluding carboxylic acids is 2. The number of likely N-dealkylation sites (N-methyl/N-ethyl adjacent to an activating group) is 1. The van der Waals surface area contributed by atoms with Gasteiger partial charge in [0, 0.05) is 19.7 Å². The normalized spacial score (nSPS) is 9.87. The number of Topliss-reactive ketones (excluding diaryl/α,β-unsaturated/α-hetero) is 1. The molecule has 1 aromatic carbocycles. The molecule has 0 aliphatic carbocycles. The first-order valence-electron chi connectivity index (χ1n) is 4.79. The van der Waals surface area contributed by atoms with E-state index in [2.05, 4.69) is 0 Å². The Morgan fingerprint density at radius 3 is 2.33 bits per heavy atom. The van der Waals surface area contributed by atoms with Gasteiger partial charge in [-0.05, 0) is 31.0 Å². The molecule has 0 radical (unpaired) electrons. The third kappa shape index (κ3) is 2.43. The van der Waals surface area contributed by atoms with Crippen molar-refractivity contribution in [1.29, 1.82) is 0 Å². The molecule has 1 amide bonds. The molecule has 1 rings (SSSR count). The van der Waals surface area contributed by atoms with Gasteiger partial charge < -0.3 is 4.90 Å². The zero-order valence-corrected chi connectivity index (χ0v) is 9.50. The summed E-state index contributed by atoms with van der Waals surface area (Å²) < 4.78 is 0. The average molecular weight is 205 g/mol. The Labute approximate surface area is 89.7 Å². The monoisotopic (exact) mass is 205 g/mol. The minimum Gasteiger partial charge on any atom is -0.309 e. The molecule has 0 N–H and O–H groups in total. The van der Waals surface area contributed by atoms with Gasteiger partial charge in [-0.1, -0.05) is 12.1 Å². The van der Waals surface area contributed by atoms with Crippen LogP contribution in [-0.2, 0) is 9.59 Å². The zero-order chi connectivity index (χ0) is 11.6. The van der Waals surface area contributed by atoms with Crippen LogP contribution < -0.4 is 4.90 Å². The topological polar surface area (TPSA) is 37.4 Å². The van der Waals surface area contributed by atoms with E-state index in [4.69, 9.17) is 0 Å². The van der Waals surface area contributed by atoms with Gasteiger partial charge in [0.1, 0.15) is 0 Å². The Hall–Kier alpha value is -1.64. The molecule has 0 bridgehead atoms. The second-order valence-corrected chi connectivity index (χ2v) is 3.71. The van der Waals surface area contributed by atoms with E-state index in [-0.39, 0.29) is 0 Å². The number of hydrogen-bond acceptors (Lipinski definition) is 2. The van der Waals surface area contributed by atoms with Gasteiger partial charge in [0.2, 0.25) is 5.78 Å². The van der Waals surface area contributed by atoms with Gasteiger partial charge in [0.15, 0.2) is 0 Å². The quantitative estimate of drug-likeness (QED) is 0.691. The lowest BCUT2D eigenvalue weighted by Crippen LogP contribution is -2.32. The molecule has 3 nitrogen and oxygen atoms in total. The number of benzene rings is 1. The molecular formula is C12H15NO2. The summed E-state index contributed by atoms with van der Waals surface area (Å²) in [6.07, 6.45) is 0. The van der Waals surface area contributed by atoms with E-state index in [1.807, 2.05) is 32.0 Å². The van der Waals surface area contributed by atoms with Crippen molar-refractivity contribution in [2.24, 2.45) is 0 Å². The minimum atomic E-state index is -0.483. The van der Waals surface area contributed by atoms with Crippen molar-refractivity contribution >= 4 is 17.4 Å². The van der Waals surface area contributed by atoms with Crippen LogP contribution in [0.2, 0.25) is 0 Å². The predicted molar refractivity (Wildman–Crippen MR) is 60.0 cm³/mol. The summed E-state index contributed by atoms with van der Waals surface area (Å²) in [7, 11) is 1.62. The highest BCUT2D eigenvalue weighted by molar-refractivity contribution is 6.40. The van der Waals surface area contributed by atoms with Crippen LogP contribution in [0.15, 0.2) is 18.2 Å². The fourth-order valence-corrected chi connectivity index (χ4v) is 1.43. The smallest absolute Gasteiger partial charge is 0.293 e. The van der Waals surface area contributed by atoms with Gasteiger partial charge in [-0.15, -0.1) is 0 Å². The van der Waals surface area contributed by atoms with E-state index in [1.54, 1.807) is 7.05 Å². The second kappa shape index (κ2) is 4.26. The Morgan fingerprint density at radius 2 is 1.80 bits per heavy atom. The van der Waals surface area contributed by atoms with Crippen LogP contribution in [0.4, 0.5) is 5.69 Å². The van der Waals surface area contributed by atoms with Gasteiger partial charge in [-0.25, -0.2) is 0 Å². The fourth-order valence-electron chi connectivity index (χ4n) is 1.43. The molecule has 3 heteroatoms. The van der Waals surface area contributed by atoms with E-state index >= 15 is 0 Å². The van der Waals surface area contributed by atoms with Crippen LogP contribution in [0.5, 0.6) is 0 Å². The molecule has 0 aliphatic rings. The van der Waals surface area contributed by atoms with Crippen molar-refractivity contribution in [1.82, 2.24) is 0 Å². The maximum atomic E-state index is 11.5. The number of rotatable bonds is 2. The van der Waals surface area contributed by atoms with Crippen molar-refractivity contribution < 1.29 is 9.59 Å². The minimum absolute atomic E-state index is 0.446. The lowest BCUT2D eigenvalue weighted by Gasteiger charge is -2.18. The second-order valence-electron chi connectivity index (χ2n) is 3.71. The van der Waals surface area contributed by atoms with Crippen LogP contribution in [0, 0.1) is 13.8 Å².